The number of nitrogens with zero attached hydrogens (tertiary/aromatic N) is 1. The molecule has 2 saturated carbocycles. The Kier molecular flexibility index (Phi) is 2.51. The maximum Gasteiger partial charge on any atom is 0.0823 e. The maximum absolute atomic E-state index is 6.16. The summed E-state index contributed by atoms with van der Waals surface area (Å²) in [6, 6.07) is 2.23. The Hall–Kier alpha value is -0.830. The highest BCUT2D eigenvalue weighted by atomic mass is 15.1. The molecule has 1 aromatic rings. The molecule has 16 heavy (non-hydrogen) atoms. The van der Waals surface area contributed by atoms with Crippen LogP contribution in [0.25, 0.3) is 0 Å². The molecule has 0 atom stereocenters. The molecule has 2 fully saturated rings. The van der Waals surface area contributed by atoms with Crippen molar-refractivity contribution in [3.8, 4) is 0 Å². The summed E-state index contributed by atoms with van der Waals surface area (Å²) in [6.07, 6.45) is 10.4. The molecule has 1 heterocycles. The van der Waals surface area contributed by atoms with Gasteiger partial charge in [-0.15, -0.1) is 0 Å². The van der Waals surface area contributed by atoms with E-state index in [0.29, 0.717) is 5.92 Å². The van der Waals surface area contributed by atoms with Gasteiger partial charge in [0.2, 0.25) is 0 Å². The van der Waals surface area contributed by atoms with Crippen molar-refractivity contribution in [1.82, 2.24) is 10.2 Å². The van der Waals surface area contributed by atoms with E-state index < -0.39 is 0 Å². The van der Waals surface area contributed by atoms with Gasteiger partial charge in [-0.2, -0.15) is 5.10 Å². The molecule has 0 amide bonds. The van der Waals surface area contributed by atoms with Gasteiger partial charge in [-0.3, -0.25) is 5.10 Å². The summed E-state index contributed by atoms with van der Waals surface area (Å²) < 4.78 is 0. The molecular formula is C13H21N3. The van der Waals surface area contributed by atoms with Crippen molar-refractivity contribution in [2.75, 3.05) is 0 Å². The molecule has 2 aliphatic carbocycles. The standard InChI is InChI=1S/C13H21N3/c14-13(7-8-13)12-9-11(15-16-12)10-5-3-1-2-4-6-10/h9-10H,1-8,14H2,(H,15,16). The van der Waals surface area contributed by atoms with E-state index in [9.17, 15) is 0 Å². The van der Waals surface area contributed by atoms with Gasteiger partial charge in [-0.25, -0.2) is 0 Å². The summed E-state index contributed by atoms with van der Waals surface area (Å²) >= 11 is 0. The fraction of sp³-hybridized carbons (Fsp3) is 0.769. The molecule has 0 bridgehead atoms. The van der Waals surface area contributed by atoms with Crippen LogP contribution in [-0.2, 0) is 5.54 Å². The highest BCUT2D eigenvalue weighted by Gasteiger charge is 2.42. The first-order chi connectivity index (χ1) is 7.78. The van der Waals surface area contributed by atoms with Crippen LogP contribution in [0, 0.1) is 0 Å². The van der Waals surface area contributed by atoms with Crippen LogP contribution in [-0.4, -0.2) is 10.2 Å². The topological polar surface area (TPSA) is 54.7 Å². The molecule has 3 heteroatoms. The summed E-state index contributed by atoms with van der Waals surface area (Å²) in [6.45, 7) is 0. The SMILES string of the molecule is NC1(c2cc(C3CCCCCC3)[nH]n2)CC1. The van der Waals surface area contributed by atoms with Crippen molar-refractivity contribution in [3.63, 3.8) is 0 Å². The molecule has 0 saturated heterocycles. The summed E-state index contributed by atoms with van der Waals surface area (Å²) in [5.74, 6) is 0.700. The normalized spacial score (nSPS) is 25.3. The zero-order valence-electron chi connectivity index (χ0n) is 9.84. The van der Waals surface area contributed by atoms with E-state index in [2.05, 4.69) is 16.3 Å². The van der Waals surface area contributed by atoms with Gasteiger partial charge in [-0.1, -0.05) is 25.7 Å². The number of aromatic amines is 1. The quantitative estimate of drug-likeness (QED) is 0.751. The summed E-state index contributed by atoms with van der Waals surface area (Å²) in [7, 11) is 0. The number of nitrogens with one attached hydrogen (secondary N) is 1. The second-order valence-corrected chi connectivity index (χ2v) is 5.55. The number of aromatic nitrogens is 2. The van der Waals surface area contributed by atoms with Crippen LogP contribution in [0.5, 0.6) is 0 Å². The van der Waals surface area contributed by atoms with Crippen LogP contribution in [0.3, 0.4) is 0 Å². The van der Waals surface area contributed by atoms with Crippen molar-refractivity contribution in [3.05, 3.63) is 17.5 Å². The maximum atomic E-state index is 6.16. The third-order valence-electron chi connectivity index (χ3n) is 4.19. The Morgan fingerprint density at radius 2 is 1.88 bits per heavy atom. The molecule has 2 aliphatic rings. The Labute approximate surface area is 96.8 Å². The number of rotatable bonds is 2. The second-order valence-electron chi connectivity index (χ2n) is 5.55. The predicted octanol–water partition coefficient (Wildman–Crippen LogP) is 2.80. The van der Waals surface area contributed by atoms with E-state index in [1.165, 1.54) is 44.2 Å². The lowest BCUT2D eigenvalue weighted by Gasteiger charge is -2.10. The zero-order valence-corrected chi connectivity index (χ0v) is 9.84. The molecule has 0 spiro atoms. The van der Waals surface area contributed by atoms with Crippen LogP contribution in [0.15, 0.2) is 6.07 Å². The third-order valence-corrected chi connectivity index (χ3v) is 4.19. The van der Waals surface area contributed by atoms with Gasteiger partial charge in [0.1, 0.15) is 0 Å². The molecule has 0 unspecified atom stereocenters. The molecule has 88 valence electrons. The van der Waals surface area contributed by atoms with E-state index in [1.807, 2.05) is 0 Å². The fourth-order valence-corrected chi connectivity index (χ4v) is 2.78. The fourth-order valence-electron chi connectivity index (χ4n) is 2.78. The van der Waals surface area contributed by atoms with Crippen molar-refractivity contribution < 1.29 is 0 Å². The van der Waals surface area contributed by atoms with Crippen LogP contribution < -0.4 is 5.73 Å². The molecular weight excluding hydrogens is 198 g/mol. The summed E-state index contributed by atoms with van der Waals surface area (Å²) in [5.41, 5.74) is 8.49. The first-order valence-electron chi connectivity index (χ1n) is 6.63. The van der Waals surface area contributed by atoms with E-state index in [4.69, 9.17) is 5.73 Å². The van der Waals surface area contributed by atoms with Crippen LogP contribution >= 0.6 is 0 Å². The number of H-pyrrole nitrogens is 1. The van der Waals surface area contributed by atoms with Gasteiger partial charge in [0.25, 0.3) is 0 Å². The lowest BCUT2D eigenvalue weighted by atomic mass is 9.96. The van der Waals surface area contributed by atoms with E-state index in [0.717, 1.165) is 18.5 Å². The Balaban J connectivity index is 1.75. The minimum atomic E-state index is -0.0838. The van der Waals surface area contributed by atoms with Gasteiger partial charge in [0, 0.05) is 11.6 Å². The Morgan fingerprint density at radius 3 is 2.50 bits per heavy atom. The molecule has 3 nitrogen and oxygen atoms in total. The van der Waals surface area contributed by atoms with E-state index >= 15 is 0 Å². The van der Waals surface area contributed by atoms with Crippen molar-refractivity contribution in [1.29, 1.82) is 0 Å². The largest absolute Gasteiger partial charge is 0.320 e. The molecule has 1 aromatic heterocycles. The van der Waals surface area contributed by atoms with Crippen LogP contribution in [0.2, 0.25) is 0 Å². The van der Waals surface area contributed by atoms with Crippen LogP contribution in [0.4, 0.5) is 0 Å². The van der Waals surface area contributed by atoms with Gasteiger partial charge in [-0.05, 0) is 31.7 Å². The Bertz CT molecular complexity index is 357. The third kappa shape index (κ3) is 1.88. The van der Waals surface area contributed by atoms with Gasteiger partial charge in [0.15, 0.2) is 0 Å². The van der Waals surface area contributed by atoms with Gasteiger partial charge >= 0.3 is 0 Å². The molecule has 0 radical (unpaired) electrons. The van der Waals surface area contributed by atoms with Crippen molar-refractivity contribution >= 4 is 0 Å². The van der Waals surface area contributed by atoms with Crippen LogP contribution in [0.1, 0.15) is 68.7 Å². The average molecular weight is 219 g/mol. The second kappa shape index (κ2) is 3.88. The highest BCUT2D eigenvalue weighted by molar-refractivity contribution is 5.25. The lowest BCUT2D eigenvalue weighted by molar-refractivity contribution is 0.576. The highest BCUT2D eigenvalue weighted by Crippen LogP contribution is 2.42. The molecule has 3 N–H and O–H groups in total. The first kappa shape index (κ1) is 10.3. The summed E-state index contributed by atoms with van der Waals surface area (Å²) in [4.78, 5) is 0. The monoisotopic (exact) mass is 219 g/mol. The minimum absolute atomic E-state index is 0.0838. The first-order valence-corrected chi connectivity index (χ1v) is 6.63. The smallest absolute Gasteiger partial charge is 0.0823 e. The van der Waals surface area contributed by atoms with Crippen molar-refractivity contribution in [2.45, 2.75) is 62.8 Å². The van der Waals surface area contributed by atoms with Gasteiger partial charge < -0.3 is 5.73 Å². The number of hydrogen-bond donors (Lipinski definition) is 2. The lowest BCUT2D eigenvalue weighted by Crippen LogP contribution is -2.18. The predicted molar refractivity (Wildman–Crippen MR) is 64.1 cm³/mol. The minimum Gasteiger partial charge on any atom is -0.320 e. The summed E-state index contributed by atoms with van der Waals surface area (Å²) in [5, 5.41) is 7.63. The molecule has 0 aromatic carbocycles. The van der Waals surface area contributed by atoms with Gasteiger partial charge in [0.05, 0.1) is 11.2 Å². The molecule has 3 rings (SSSR count). The zero-order chi connectivity index (χ0) is 11.0. The molecule has 0 aliphatic heterocycles. The van der Waals surface area contributed by atoms with E-state index in [1.54, 1.807) is 0 Å². The number of hydrogen-bond acceptors (Lipinski definition) is 2. The number of nitrogens with two attached hydrogens (primary N) is 1. The Morgan fingerprint density at radius 1 is 1.19 bits per heavy atom. The average Bonchev–Trinajstić information content (AvgIpc) is 2.94. The van der Waals surface area contributed by atoms with E-state index in [-0.39, 0.29) is 5.54 Å². The van der Waals surface area contributed by atoms with Crippen molar-refractivity contribution in [2.24, 2.45) is 5.73 Å².